The fourth-order valence-corrected chi connectivity index (χ4v) is 1.40. The quantitative estimate of drug-likeness (QED) is 0.524. The van der Waals surface area contributed by atoms with Gasteiger partial charge in [0.1, 0.15) is 0 Å². The lowest BCUT2D eigenvalue weighted by molar-refractivity contribution is 0.0964. The molecular weight excluding hydrogens is 126 g/mol. The fraction of sp³-hybridized carbons (Fsp3) is 1.00. The molecule has 1 heterocycles. The van der Waals surface area contributed by atoms with Gasteiger partial charge < -0.3 is 10.4 Å². The lowest BCUT2D eigenvalue weighted by Crippen LogP contribution is -2.29. The van der Waals surface area contributed by atoms with Gasteiger partial charge in [-0.15, -0.1) is 0 Å². The highest BCUT2D eigenvalue weighted by Gasteiger charge is 2.14. The van der Waals surface area contributed by atoms with E-state index in [1.54, 1.807) is 0 Å². The molecule has 0 aromatic heterocycles. The number of hydrogen-bond acceptors (Lipinski definition) is 2. The molecule has 2 heteroatoms. The minimum Gasteiger partial charge on any atom is -0.393 e. The van der Waals surface area contributed by atoms with Crippen LogP contribution in [0.1, 0.15) is 26.2 Å². The van der Waals surface area contributed by atoms with E-state index in [0.29, 0.717) is 5.92 Å². The van der Waals surface area contributed by atoms with Gasteiger partial charge in [-0.3, -0.25) is 0 Å². The number of aliphatic hydroxyl groups excluding tert-OH is 1. The average molecular weight is 143 g/mol. The monoisotopic (exact) mass is 143 g/mol. The van der Waals surface area contributed by atoms with Crippen molar-refractivity contribution >= 4 is 0 Å². The minimum atomic E-state index is -0.0761. The summed E-state index contributed by atoms with van der Waals surface area (Å²) < 4.78 is 0. The van der Waals surface area contributed by atoms with E-state index in [9.17, 15) is 5.11 Å². The molecule has 10 heavy (non-hydrogen) atoms. The van der Waals surface area contributed by atoms with E-state index in [2.05, 4.69) is 12.2 Å². The Morgan fingerprint density at radius 2 is 2.10 bits per heavy atom. The molecule has 1 fully saturated rings. The Hall–Kier alpha value is -0.0800. The van der Waals surface area contributed by atoms with E-state index >= 15 is 0 Å². The molecule has 0 aliphatic carbocycles. The zero-order valence-corrected chi connectivity index (χ0v) is 6.64. The normalized spacial score (nSPS) is 36.6. The van der Waals surface area contributed by atoms with Gasteiger partial charge in [0.15, 0.2) is 0 Å². The third kappa shape index (κ3) is 2.27. The van der Waals surface area contributed by atoms with Crippen LogP contribution in [0.4, 0.5) is 0 Å². The predicted octanol–water partition coefficient (Wildman–Crippen LogP) is 0.757. The third-order valence-electron chi connectivity index (χ3n) is 2.29. The Morgan fingerprint density at radius 3 is 2.90 bits per heavy atom. The smallest absolute Gasteiger partial charge is 0.0577 e. The molecule has 1 rings (SSSR count). The second-order valence-electron chi connectivity index (χ2n) is 3.23. The molecule has 2 atom stereocenters. The van der Waals surface area contributed by atoms with Gasteiger partial charge in [-0.05, 0) is 38.3 Å². The summed E-state index contributed by atoms with van der Waals surface area (Å²) >= 11 is 0. The first-order chi connectivity index (χ1) is 4.80. The van der Waals surface area contributed by atoms with Crippen LogP contribution in [0.25, 0.3) is 0 Å². The molecule has 0 spiro atoms. The van der Waals surface area contributed by atoms with Crippen molar-refractivity contribution in [1.29, 1.82) is 0 Å². The van der Waals surface area contributed by atoms with Crippen molar-refractivity contribution in [3.63, 3.8) is 0 Å². The first-order valence-electron chi connectivity index (χ1n) is 4.19. The SMILES string of the molecule is CC1CCCNCCC1O. The van der Waals surface area contributed by atoms with Crippen LogP contribution in [0.3, 0.4) is 0 Å². The van der Waals surface area contributed by atoms with Crippen molar-refractivity contribution in [2.45, 2.75) is 32.3 Å². The largest absolute Gasteiger partial charge is 0.393 e. The zero-order valence-electron chi connectivity index (χ0n) is 6.64. The molecule has 0 aromatic rings. The van der Waals surface area contributed by atoms with Crippen molar-refractivity contribution in [1.82, 2.24) is 5.32 Å². The highest BCUT2D eigenvalue weighted by molar-refractivity contribution is 4.69. The van der Waals surface area contributed by atoms with Crippen molar-refractivity contribution in [3.05, 3.63) is 0 Å². The maximum absolute atomic E-state index is 9.44. The summed E-state index contributed by atoms with van der Waals surface area (Å²) in [4.78, 5) is 0. The van der Waals surface area contributed by atoms with Crippen molar-refractivity contribution in [2.75, 3.05) is 13.1 Å². The number of rotatable bonds is 0. The van der Waals surface area contributed by atoms with Crippen LogP contribution >= 0.6 is 0 Å². The second-order valence-corrected chi connectivity index (χ2v) is 3.23. The van der Waals surface area contributed by atoms with Gasteiger partial charge in [-0.1, -0.05) is 6.92 Å². The topological polar surface area (TPSA) is 32.3 Å². The summed E-state index contributed by atoms with van der Waals surface area (Å²) in [6, 6.07) is 0. The Morgan fingerprint density at radius 1 is 1.30 bits per heavy atom. The standard InChI is InChI=1S/C8H17NO/c1-7-3-2-5-9-6-4-8(7)10/h7-10H,2-6H2,1H3. The number of aliphatic hydroxyl groups is 1. The molecular formula is C8H17NO. The van der Waals surface area contributed by atoms with Gasteiger partial charge >= 0.3 is 0 Å². The van der Waals surface area contributed by atoms with E-state index in [1.807, 2.05) is 0 Å². The first kappa shape index (κ1) is 8.02. The van der Waals surface area contributed by atoms with Crippen LogP contribution in [-0.4, -0.2) is 24.3 Å². The van der Waals surface area contributed by atoms with Crippen LogP contribution in [0.15, 0.2) is 0 Å². The van der Waals surface area contributed by atoms with Gasteiger partial charge in [0.2, 0.25) is 0 Å². The molecule has 0 amide bonds. The fourth-order valence-electron chi connectivity index (χ4n) is 1.40. The minimum absolute atomic E-state index is 0.0761. The van der Waals surface area contributed by atoms with Crippen LogP contribution in [0.2, 0.25) is 0 Å². The maximum atomic E-state index is 9.44. The first-order valence-corrected chi connectivity index (χ1v) is 4.19. The summed E-state index contributed by atoms with van der Waals surface area (Å²) in [6.45, 7) is 4.23. The zero-order chi connectivity index (χ0) is 7.40. The van der Waals surface area contributed by atoms with E-state index in [-0.39, 0.29) is 6.10 Å². The Balaban J connectivity index is 2.28. The molecule has 0 saturated carbocycles. The third-order valence-corrected chi connectivity index (χ3v) is 2.29. The molecule has 0 radical (unpaired) electrons. The summed E-state index contributed by atoms with van der Waals surface area (Å²) in [5.74, 6) is 0.502. The lowest BCUT2D eigenvalue weighted by Gasteiger charge is -2.21. The highest BCUT2D eigenvalue weighted by Crippen LogP contribution is 2.14. The molecule has 2 nitrogen and oxygen atoms in total. The summed E-state index contributed by atoms with van der Waals surface area (Å²) in [5, 5.41) is 12.7. The van der Waals surface area contributed by atoms with E-state index in [0.717, 1.165) is 25.9 Å². The van der Waals surface area contributed by atoms with Gasteiger partial charge in [0.25, 0.3) is 0 Å². The van der Waals surface area contributed by atoms with Gasteiger partial charge in [-0.25, -0.2) is 0 Å². The highest BCUT2D eigenvalue weighted by atomic mass is 16.3. The van der Waals surface area contributed by atoms with E-state index in [1.165, 1.54) is 6.42 Å². The van der Waals surface area contributed by atoms with Crippen molar-refractivity contribution < 1.29 is 5.11 Å². The van der Waals surface area contributed by atoms with Crippen LogP contribution in [-0.2, 0) is 0 Å². The van der Waals surface area contributed by atoms with Crippen molar-refractivity contribution in [3.8, 4) is 0 Å². The molecule has 1 saturated heterocycles. The lowest BCUT2D eigenvalue weighted by atomic mass is 9.95. The van der Waals surface area contributed by atoms with Gasteiger partial charge in [0, 0.05) is 0 Å². The van der Waals surface area contributed by atoms with Gasteiger partial charge in [0.05, 0.1) is 6.10 Å². The van der Waals surface area contributed by atoms with Crippen LogP contribution in [0, 0.1) is 5.92 Å². The molecule has 0 aromatic carbocycles. The Bertz CT molecular complexity index is 83.3. The molecule has 1 aliphatic heterocycles. The summed E-state index contributed by atoms with van der Waals surface area (Å²) in [6.07, 6.45) is 3.21. The molecule has 2 unspecified atom stereocenters. The molecule has 60 valence electrons. The summed E-state index contributed by atoms with van der Waals surface area (Å²) in [5.41, 5.74) is 0. The van der Waals surface area contributed by atoms with E-state index < -0.39 is 0 Å². The Kier molecular flexibility index (Phi) is 3.16. The number of nitrogens with one attached hydrogen (secondary N) is 1. The number of hydrogen-bond donors (Lipinski definition) is 2. The van der Waals surface area contributed by atoms with Crippen LogP contribution in [0.5, 0.6) is 0 Å². The Labute approximate surface area is 62.6 Å². The molecule has 2 N–H and O–H groups in total. The molecule has 1 aliphatic rings. The summed E-state index contributed by atoms with van der Waals surface area (Å²) in [7, 11) is 0. The molecule has 0 bridgehead atoms. The van der Waals surface area contributed by atoms with E-state index in [4.69, 9.17) is 0 Å². The maximum Gasteiger partial charge on any atom is 0.0577 e. The predicted molar refractivity (Wildman–Crippen MR) is 41.9 cm³/mol. The van der Waals surface area contributed by atoms with Crippen LogP contribution < -0.4 is 5.32 Å². The van der Waals surface area contributed by atoms with Crippen molar-refractivity contribution in [2.24, 2.45) is 5.92 Å². The average Bonchev–Trinajstić information content (AvgIpc) is 1.92. The van der Waals surface area contributed by atoms with Gasteiger partial charge in [-0.2, -0.15) is 0 Å². The second kappa shape index (κ2) is 3.94.